The number of benzene rings is 3. The van der Waals surface area contributed by atoms with Gasteiger partial charge < -0.3 is 20.7 Å². The average molecular weight is 1510 g/mol. The van der Waals surface area contributed by atoms with Crippen LogP contribution in [0.1, 0.15) is 180 Å². The molecule has 14 rings (SSSR count). The molecule has 3 unspecified atom stereocenters. The van der Waals surface area contributed by atoms with Gasteiger partial charge in [-0.1, -0.05) is 54.4 Å². The molecule has 109 heavy (non-hydrogen) atoms. The van der Waals surface area contributed by atoms with Gasteiger partial charge in [-0.2, -0.15) is 13.9 Å². The first-order valence-electron chi connectivity index (χ1n) is 36.6. The third-order valence-corrected chi connectivity index (χ3v) is 20.2. The van der Waals surface area contributed by atoms with E-state index in [4.69, 9.17) is 4.74 Å². The molecule has 1 fully saturated rings. The highest BCUT2D eigenvalue weighted by atomic mass is 32.2. The average Bonchev–Trinajstić information content (AvgIpc) is 1.63. The van der Waals surface area contributed by atoms with Crippen LogP contribution in [0, 0.1) is 81.1 Å². The number of rotatable bonds is 22. The molecule has 3 atom stereocenters. The summed E-state index contributed by atoms with van der Waals surface area (Å²) in [6, 6.07) is 21.5. The quantitative estimate of drug-likeness (QED) is 0.0225. The van der Waals surface area contributed by atoms with E-state index in [2.05, 4.69) is 104 Å². The monoisotopic (exact) mass is 1510 g/mol. The number of carbonyl (C=O) groups is 5. The molecule has 0 bridgehead atoms. The maximum Gasteiger partial charge on any atom is 0.250 e. The maximum atomic E-state index is 12.1. The molecule has 578 valence electrons. The van der Waals surface area contributed by atoms with Gasteiger partial charge in [-0.25, -0.2) is 32.4 Å². The number of hydrogen-bond acceptors (Lipinski definition) is 18. The van der Waals surface area contributed by atoms with E-state index in [0.29, 0.717) is 60.8 Å². The summed E-state index contributed by atoms with van der Waals surface area (Å²) in [7, 11) is -3.29. The molecule has 0 saturated carbocycles. The number of aryl methyl sites for hydroxylation is 10. The second kappa shape index (κ2) is 34.5. The molecule has 0 spiro atoms. The van der Waals surface area contributed by atoms with E-state index in [9.17, 15) is 32.4 Å². The number of hydrogen-bond donors (Lipinski definition) is 9. The van der Waals surface area contributed by atoms with Gasteiger partial charge in [0, 0.05) is 122 Å². The second-order valence-electron chi connectivity index (χ2n) is 27.9. The van der Waals surface area contributed by atoms with E-state index in [-0.39, 0.29) is 60.3 Å². The summed E-state index contributed by atoms with van der Waals surface area (Å²) in [5.41, 5.74) is 19.3. The van der Waals surface area contributed by atoms with Crippen LogP contribution in [0.4, 0.5) is 17.1 Å². The van der Waals surface area contributed by atoms with Crippen LogP contribution in [0.3, 0.4) is 0 Å². The molecule has 33 nitrogen and oxygen atoms in total. The molecule has 34 heteroatoms. The van der Waals surface area contributed by atoms with Gasteiger partial charge >= 0.3 is 0 Å². The fourth-order valence-corrected chi connectivity index (χ4v) is 13.0. The topological polar surface area (TPSA) is 410 Å². The second-order valence-corrected chi connectivity index (χ2v) is 29.7. The van der Waals surface area contributed by atoms with Gasteiger partial charge in [0.15, 0.2) is 57.4 Å². The number of likely N-dealkylation sites (tertiary alicyclic amines) is 1. The maximum absolute atomic E-state index is 12.1. The van der Waals surface area contributed by atoms with Crippen LogP contribution in [-0.4, -0.2) is 161 Å². The van der Waals surface area contributed by atoms with Crippen molar-refractivity contribution in [3.05, 3.63) is 141 Å². The Bertz CT molecular complexity index is 5480. The van der Waals surface area contributed by atoms with Crippen LogP contribution >= 0.6 is 0 Å². The lowest BCUT2D eigenvalue weighted by Crippen LogP contribution is -2.34. The number of ether oxygens (including phenoxy) is 1. The van der Waals surface area contributed by atoms with E-state index in [0.717, 1.165) is 138 Å². The molecule has 0 aliphatic carbocycles. The Morgan fingerprint density at radius 2 is 1.00 bits per heavy atom. The predicted octanol–water partition coefficient (Wildman–Crippen LogP) is 11.7. The van der Waals surface area contributed by atoms with Crippen molar-refractivity contribution >= 4 is 84.9 Å². The number of H-pyrrole nitrogens is 5. The normalized spacial score (nSPS) is 13.5. The fraction of sp³-hybridized carbons (Fsp3) is 0.427. The van der Waals surface area contributed by atoms with Crippen LogP contribution in [0.2, 0.25) is 0 Å². The van der Waals surface area contributed by atoms with Crippen LogP contribution < -0.4 is 20.7 Å². The number of imide groups is 1. The zero-order valence-electron chi connectivity index (χ0n) is 65.1. The van der Waals surface area contributed by atoms with Gasteiger partial charge in [-0.15, -0.1) is 35.7 Å². The number of carbonyl (C=O) groups excluding carboxylic acids is 5. The number of fused-ring (bicyclic) bond motifs is 5. The van der Waals surface area contributed by atoms with Gasteiger partial charge in [0.1, 0.15) is 6.61 Å². The summed E-state index contributed by atoms with van der Waals surface area (Å²) in [5, 5.41) is 54.3. The lowest BCUT2D eigenvalue weighted by Gasteiger charge is -2.20. The van der Waals surface area contributed by atoms with Gasteiger partial charge in [0.05, 0.1) is 17.8 Å². The van der Waals surface area contributed by atoms with Crippen molar-refractivity contribution < 1.29 is 37.1 Å². The van der Waals surface area contributed by atoms with Crippen LogP contribution in [-0.2, 0) is 38.7 Å². The first-order valence-corrected chi connectivity index (χ1v) is 38.2. The van der Waals surface area contributed by atoms with E-state index in [1.807, 2.05) is 169 Å². The zero-order valence-corrected chi connectivity index (χ0v) is 66.0. The first-order chi connectivity index (χ1) is 51.9. The minimum absolute atomic E-state index is 0.00300. The lowest BCUT2D eigenvalue weighted by molar-refractivity contribution is -0.142. The van der Waals surface area contributed by atoms with E-state index >= 15 is 0 Å². The summed E-state index contributed by atoms with van der Waals surface area (Å²) in [6.07, 6.45) is 4.77. The third-order valence-electron chi connectivity index (χ3n) is 18.8. The summed E-state index contributed by atoms with van der Waals surface area (Å²) < 4.78 is 40.4. The first kappa shape index (κ1) is 79.9. The molecule has 1 aliphatic rings. The van der Waals surface area contributed by atoms with E-state index < -0.39 is 16.1 Å². The molecule has 5 amide bonds. The number of sulfonamides is 1. The molecule has 3 aromatic carbocycles. The molecule has 11 heterocycles. The molecular weight excluding hydrogens is 1410 g/mol. The van der Waals surface area contributed by atoms with Crippen LogP contribution in [0.25, 0.3) is 62.4 Å². The van der Waals surface area contributed by atoms with Crippen molar-refractivity contribution in [2.45, 2.75) is 182 Å². The van der Waals surface area contributed by atoms with Gasteiger partial charge in [0.25, 0.3) is 0 Å². The smallest absolute Gasteiger partial charge is 0.250 e. The Labute approximate surface area is 631 Å². The van der Waals surface area contributed by atoms with Crippen LogP contribution in [0.15, 0.2) is 72.8 Å². The van der Waals surface area contributed by atoms with Crippen molar-refractivity contribution in [3.8, 4) is 34.2 Å². The molecule has 13 aromatic rings. The number of nitrogens with zero attached hydrogens (tertiary/aromatic N) is 16. The van der Waals surface area contributed by atoms with Gasteiger partial charge in [0.2, 0.25) is 39.6 Å². The number of anilines is 3. The zero-order chi connectivity index (χ0) is 78.9. The largest absolute Gasteiger partial charge is 0.372 e. The Kier molecular flexibility index (Phi) is 25.3. The summed E-state index contributed by atoms with van der Waals surface area (Å²) >= 11 is 0. The molecule has 1 aliphatic heterocycles. The van der Waals surface area contributed by atoms with Crippen molar-refractivity contribution in [3.63, 3.8) is 0 Å². The summed E-state index contributed by atoms with van der Waals surface area (Å²) in [5.74, 6) is 3.05. The SMILES string of the molecule is CCC(=O)Nc1ccc(-c2nnc3c(C)c(C)[nH]n23)cc1.CCCCOCC(=O)Nc1ccc(-c2nc3c(C)c(C)[nH]n3n2)cc1.CCCCS(=O)(=O)Nc1ccc(-c2nc3c(C)c(C)[nH]n3n2)cc1.Cc1[nH]n2c(C(C)N3C(=O)CC(C)C3=O)nnc2c1C.Cc1[nH]n2nc(C(C)NC(=O)CC(C)C)nc2c1C. The lowest BCUT2D eigenvalue weighted by atomic mass is 10.1. The predicted molar refractivity (Wildman–Crippen MR) is 416 cm³/mol. The van der Waals surface area contributed by atoms with Crippen molar-refractivity contribution in [1.82, 2.24) is 109 Å². The Morgan fingerprint density at radius 1 is 0.541 bits per heavy atom. The Morgan fingerprint density at radius 3 is 1.49 bits per heavy atom. The third kappa shape index (κ3) is 18.7. The minimum atomic E-state index is -3.29. The fourth-order valence-electron chi connectivity index (χ4n) is 11.7. The van der Waals surface area contributed by atoms with Crippen LogP contribution in [0.5, 0.6) is 0 Å². The molecule has 0 radical (unpaired) electrons. The highest BCUT2D eigenvalue weighted by Gasteiger charge is 2.41. The number of amides is 5. The van der Waals surface area contributed by atoms with Gasteiger partial charge in [-0.3, -0.25) is 59.1 Å². The molecule has 9 N–H and O–H groups in total. The molecule has 1 saturated heterocycles. The standard InChI is InChI=1S/C18H23N5O2.C16H21N5O2S.C15H17N5O.C13H17N5O2.C13H21N5O/c1-4-5-10-25-11-16(24)19-15-8-6-14(7-9-15)17-20-18-12(2)13(3)21-23(18)22-17;1-4-5-10-24(22,23)20-14-8-6-13(7-9-14)15-17-16-11(2)12(3)18-21(16)19-15;1-4-13(21)16-12-7-5-11(6-8-12)15-18-17-14-9(2)10(3)19-20(14)15;1-6-5-10(19)17(13(6)20)9(4)12-15-14-11-7(2)8(3)16-18(11)12;1-7(2)6-11(19)14-10(5)12-15-13-8(3)9(4)16-18(13)17-12/h6-9,21H,4-5,10-11H2,1-3H3,(H,19,24);6-9,18,20H,4-5,10H2,1-3H3;5-8,19H,4H2,1-3H3,(H,16,21);6,9,16H,5H2,1-4H3;7,10,16H,6H2,1-5H3,(H,14,19). The Hall–Kier alpha value is -11.7. The number of nitrogens with one attached hydrogen (secondary N) is 9. The minimum Gasteiger partial charge on any atom is -0.372 e. The molecule has 10 aromatic heterocycles. The summed E-state index contributed by atoms with van der Waals surface area (Å²) in [6.45, 7) is 36.0. The molecular formula is C75H99N25O8S. The van der Waals surface area contributed by atoms with Crippen molar-refractivity contribution in [2.24, 2.45) is 11.8 Å². The Balaban J connectivity index is 0.000000146. The number of aromatic amines is 5. The van der Waals surface area contributed by atoms with E-state index in [1.54, 1.807) is 44.4 Å². The van der Waals surface area contributed by atoms with E-state index in [1.165, 1.54) is 4.90 Å². The van der Waals surface area contributed by atoms with Crippen molar-refractivity contribution in [1.29, 1.82) is 0 Å². The number of unbranched alkanes of at least 4 members (excludes halogenated alkanes) is 2. The highest BCUT2D eigenvalue weighted by molar-refractivity contribution is 7.92. The number of aromatic nitrogens is 20. The summed E-state index contributed by atoms with van der Waals surface area (Å²) in [4.78, 5) is 73.9. The highest BCUT2D eigenvalue weighted by Crippen LogP contribution is 2.31. The van der Waals surface area contributed by atoms with Crippen molar-refractivity contribution in [2.75, 3.05) is 34.3 Å². The van der Waals surface area contributed by atoms with Gasteiger partial charge in [-0.05, 0) is 175 Å².